The molecule has 4 heteroatoms. The third kappa shape index (κ3) is 4.18. The molecule has 4 nitrogen and oxygen atoms in total. The van der Waals surface area contributed by atoms with E-state index >= 15 is 0 Å². The summed E-state index contributed by atoms with van der Waals surface area (Å²) >= 11 is 0. The molecule has 0 amide bonds. The standard InChI is InChI=1S/C16H26N2O2/c1-13(2)16-7-6-14(11-17-16)18-8-10-20-15(12-18)5-3-4-9-19/h6-7,11,13,15,19H,3-5,8-10,12H2,1-2H3. The molecular weight excluding hydrogens is 252 g/mol. The number of hydrogen-bond donors (Lipinski definition) is 1. The number of aliphatic hydroxyl groups excluding tert-OH is 1. The lowest BCUT2D eigenvalue weighted by Gasteiger charge is -2.34. The van der Waals surface area contributed by atoms with E-state index in [1.165, 1.54) is 5.69 Å². The number of pyridine rings is 1. The number of anilines is 1. The maximum atomic E-state index is 8.84. The molecule has 1 atom stereocenters. The molecule has 1 N–H and O–H groups in total. The van der Waals surface area contributed by atoms with Crippen molar-refractivity contribution in [3.63, 3.8) is 0 Å². The maximum Gasteiger partial charge on any atom is 0.0750 e. The van der Waals surface area contributed by atoms with Crippen LogP contribution in [0.5, 0.6) is 0 Å². The molecule has 112 valence electrons. The van der Waals surface area contributed by atoms with E-state index in [2.05, 4.69) is 35.9 Å². The lowest BCUT2D eigenvalue weighted by molar-refractivity contribution is 0.0329. The van der Waals surface area contributed by atoms with Gasteiger partial charge in [0, 0.05) is 25.4 Å². The number of ether oxygens (including phenoxy) is 1. The molecule has 2 heterocycles. The molecule has 0 aromatic carbocycles. The van der Waals surface area contributed by atoms with E-state index in [1.807, 2.05) is 6.20 Å². The Morgan fingerprint density at radius 2 is 2.25 bits per heavy atom. The van der Waals surface area contributed by atoms with Gasteiger partial charge in [0.05, 0.1) is 24.6 Å². The molecule has 0 bridgehead atoms. The molecule has 0 aliphatic carbocycles. The van der Waals surface area contributed by atoms with Gasteiger partial charge in [0.15, 0.2) is 0 Å². The summed E-state index contributed by atoms with van der Waals surface area (Å²) in [6.45, 7) is 7.22. The summed E-state index contributed by atoms with van der Waals surface area (Å²) in [5.74, 6) is 0.472. The number of aromatic nitrogens is 1. The molecular formula is C16H26N2O2. The van der Waals surface area contributed by atoms with Crippen LogP contribution in [0.15, 0.2) is 18.3 Å². The van der Waals surface area contributed by atoms with Crippen LogP contribution in [0.4, 0.5) is 5.69 Å². The predicted molar refractivity (Wildman–Crippen MR) is 81.2 cm³/mol. The molecule has 1 saturated heterocycles. The second-order valence-corrected chi connectivity index (χ2v) is 5.75. The van der Waals surface area contributed by atoms with Crippen molar-refractivity contribution in [1.82, 2.24) is 4.98 Å². The summed E-state index contributed by atoms with van der Waals surface area (Å²) < 4.78 is 5.79. The third-order valence-electron chi connectivity index (χ3n) is 3.80. The third-order valence-corrected chi connectivity index (χ3v) is 3.80. The Balaban J connectivity index is 1.91. The van der Waals surface area contributed by atoms with Gasteiger partial charge in [-0.1, -0.05) is 13.8 Å². The van der Waals surface area contributed by atoms with Gasteiger partial charge in [-0.15, -0.1) is 0 Å². The van der Waals surface area contributed by atoms with E-state index in [0.717, 1.165) is 44.7 Å². The van der Waals surface area contributed by atoms with Crippen LogP contribution >= 0.6 is 0 Å². The summed E-state index contributed by atoms with van der Waals surface area (Å²) in [7, 11) is 0. The van der Waals surface area contributed by atoms with Crippen LogP contribution in [0.25, 0.3) is 0 Å². The fourth-order valence-corrected chi connectivity index (χ4v) is 2.54. The van der Waals surface area contributed by atoms with Crippen molar-refractivity contribution < 1.29 is 9.84 Å². The molecule has 0 radical (unpaired) electrons. The fourth-order valence-electron chi connectivity index (χ4n) is 2.54. The Morgan fingerprint density at radius 1 is 1.40 bits per heavy atom. The Bertz CT molecular complexity index is 392. The number of rotatable bonds is 6. The normalized spacial score (nSPS) is 19.6. The van der Waals surface area contributed by atoms with Crippen molar-refractivity contribution in [1.29, 1.82) is 0 Å². The molecule has 1 aromatic heterocycles. The van der Waals surface area contributed by atoms with E-state index < -0.39 is 0 Å². The Hall–Kier alpha value is -1.13. The molecule has 1 aliphatic rings. The Morgan fingerprint density at radius 3 is 2.90 bits per heavy atom. The number of aliphatic hydroxyl groups is 1. The molecule has 1 aliphatic heterocycles. The van der Waals surface area contributed by atoms with Gasteiger partial charge in [0.2, 0.25) is 0 Å². The van der Waals surface area contributed by atoms with Gasteiger partial charge in [-0.2, -0.15) is 0 Å². The van der Waals surface area contributed by atoms with Crippen LogP contribution < -0.4 is 4.90 Å². The molecule has 0 spiro atoms. The van der Waals surface area contributed by atoms with Crippen LogP contribution in [0, 0.1) is 0 Å². The van der Waals surface area contributed by atoms with Crippen LogP contribution in [0.3, 0.4) is 0 Å². The van der Waals surface area contributed by atoms with Gasteiger partial charge in [0.25, 0.3) is 0 Å². The van der Waals surface area contributed by atoms with E-state index in [1.54, 1.807) is 0 Å². The van der Waals surface area contributed by atoms with Crippen LogP contribution in [-0.2, 0) is 4.74 Å². The lowest BCUT2D eigenvalue weighted by atomic mass is 10.1. The fraction of sp³-hybridized carbons (Fsp3) is 0.688. The molecule has 20 heavy (non-hydrogen) atoms. The van der Waals surface area contributed by atoms with Crippen molar-refractivity contribution in [2.24, 2.45) is 0 Å². The summed E-state index contributed by atoms with van der Waals surface area (Å²) in [6, 6.07) is 4.29. The van der Waals surface area contributed by atoms with Gasteiger partial charge in [-0.3, -0.25) is 4.98 Å². The average molecular weight is 278 g/mol. The van der Waals surface area contributed by atoms with E-state index in [-0.39, 0.29) is 12.7 Å². The number of morpholine rings is 1. The lowest BCUT2D eigenvalue weighted by Crippen LogP contribution is -2.42. The zero-order chi connectivity index (χ0) is 14.4. The Labute approximate surface area is 121 Å². The number of unbranched alkanes of at least 4 members (excludes halogenated alkanes) is 1. The second kappa shape index (κ2) is 7.60. The zero-order valence-corrected chi connectivity index (χ0v) is 12.6. The summed E-state index contributed by atoms with van der Waals surface area (Å²) in [5, 5.41) is 8.84. The van der Waals surface area contributed by atoms with Crippen molar-refractivity contribution in [3.05, 3.63) is 24.0 Å². The van der Waals surface area contributed by atoms with Crippen molar-refractivity contribution in [2.45, 2.75) is 45.1 Å². The van der Waals surface area contributed by atoms with Gasteiger partial charge in [-0.25, -0.2) is 0 Å². The minimum atomic E-state index is 0.275. The van der Waals surface area contributed by atoms with Crippen molar-refractivity contribution in [3.8, 4) is 0 Å². The smallest absolute Gasteiger partial charge is 0.0750 e. The van der Waals surface area contributed by atoms with Crippen molar-refractivity contribution >= 4 is 5.69 Å². The van der Waals surface area contributed by atoms with Gasteiger partial charge >= 0.3 is 0 Å². The first-order valence-electron chi connectivity index (χ1n) is 7.64. The summed E-state index contributed by atoms with van der Waals surface area (Å²) in [4.78, 5) is 6.89. The predicted octanol–water partition coefficient (Wildman–Crippen LogP) is 2.57. The summed E-state index contributed by atoms with van der Waals surface area (Å²) in [6.07, 6.45) is 5.17. The first-order chi connectivity index (χ1) is 9.70. The molecule has 0 saturated carbocycles. The van der Waals surface area contributed by atoms with Gasteiger partial charge in [-0.05, 0) is 37.3 Å². The Kier molecular flexibility index (Phi) is 5.80. The second-order valence-electron chi connectivity index (χ2n) is 5.75. The number of hydrogen-bond acceptors (Lipinski definition) is 4. The van der Waals surface area contributed by atoms with Crippen LogP contribution in [0.2, 0.25) is 0 Å². The highest BCUT2D eigenvalue weighted by molar-refractivity contribution is 5.45. The van der Waals surface area contributed by atoms with Crippen molar-refractivity contribution in [2.75, 3.05) is 31.2 Å². The zero-order valence-electron chi connectivity index (χ0n) is 12.6. The van der Waals surface area contributed by atoms with Crippen LogP contribution in [-0.4, -0.2) is 42.5 Å². The van der Waals surface area contributed by atoms with Crippen LogP contribution in [0.1, 0.15) is 44.7 Å². The van der Waals surface area contributed by atoms with Gasteiger partial charge < -0.3 is 14.7 Å². The van der Waals surface area contributed by atoms with E-state index in [0.29, 0.717) is 5.92 Å². The largest absolute Gasteiger partial charge is 0.396 e. The molecule has 1 aromatic rings. The quantitative estimate of drug-likeness (QED) is 0.812. The van der Waals surface area contributed by atoms with Gasteiger partial charge in [0.1, 0.15) is 0 Å². The highest BCUT2D eigenvalue weighted by atomic mass is 16.5. The topological polar surface area (TPSA) is 45.6 Å². The number of nitrogens with zero attached hydrogens (tertiary/aromatic N) is 2. The molecule has 1 unspecified atom stereocenters. The van der Waals surface area contributed by atoms with E-state index in [9.17, 15) is 0 Å². The summed E-state index contributed by atoms with van der Waals surface area (Å²) in [5.41, 5.74) is 2.33. The minimum Gasteiger partial charge on any atom is -0.396 e. The molecule has 1 fully saturated rings. The first kappa shape index (κ1) is 15.3. The first-order valence-corrected chi connectivity index (χ1v) is 7.64. The monoisotopic (exact) mass is 278 g/mol. The average Bonchev–Trinajstić information content (AvgIpc) is 2.48. The van der Waals surface area contributed by atoms with E-state index in [4.69, 9.17) is 9.84 Å². The SMILES string of the molecule is CC(C)c1ccc(N2CCOC(CCCCO)C2)cn1. The minimum absolute atomic E-state index is 0.275. The maximum absolute atomic E-state index is 8.84. The molecule has 2 rings (SSSR count). The highest BCUT2D eigenvalue weighted by Crippen LogP contribution is 2.21. The highest BCUT2D eigenvalue weighted by Gasteiger charge is 2.20.